The average Bonchev–Trinajstić information content (AvgIpc) is 3.18. The summed E-state index contributed by atoms with van der Waals surface area (Å²) in [6, 6.07) is 30.7. The zero-order valence-electron chi connectivity index (χ0n) is 32.4. The molecule has 0 heterocycles. The van der Waals surface area contributed by atoms with E-state index in [-0.39, 0.29) is 54.7 Å². The van der Waals surface area contributed by atoms with Gasteiger partial charge in [-0.1, -0.05) is 92.7 Å². The number of carbonyl (C=O) groups is 5. The summed E-state index contributed by atoms with van der Waals surface area (Å²) >= 11 is 0. The molecule has 55 heavy (non-hydrogen) atoms. The molecule has 12 nitrogen and oxygen atoms in total. The van der Waals surface area contributed by atoms with E-state index in [0.29, 0.717) is 23.2 Å². The Morgan fingerprint density at radius 2 is 1.24 bits per heavy atom. The largest absolute Gasteiger partial charge is 0.350 e. The third-order valence-electron chi connectivity index (χ3n) is 9.08. The first kappa shape index (κ1) is 41.7. The highest BCUT2D eigenvalue weighted by Crippen LogP contribution is 2.15. The second kappa shape index (κ2) is 20.4. The van der Waals surface area contributed by atoms with E-state index >= 15 is 0 Å². The highest BCUT2D eigenvalue weighted by atomic mass is 16.2. The number of amides is 6. The number of urea groups is 1. The molecular formula is C43H53N7O5. The summed E-state index contributed by atoms with van der Waals surface area (Å²) in [7, 11) is 3.31. The third-order valence-corrected chi connectivity index (χ3v) is 9.08. The monoisotopic (exact) mass is 747 g/mol. The lowest BCUT2D eigenvalue weighted by Crippen LogP contribution is -2.55. The van der Waals surface area contributed by atoms with Crippen LogP contribution in [0.25, 0.3) is 0 Å². The molecule has 6 amide bonds. The Kier molecular flexibility index (Phi) is 15.5. The van der Waals surface area contributed by atoms with Gasteiger partial charge in [0.25, 0.3) is 11.8 Å². The first-order valence-corrected chi connectivity index (χ1v) is 18.5. The van der Waals surface area contributed by atoms with Crippen molar-refractivity contribution in [2.45, 2.75) is 64.8 Å². The molecule has 0 fully saturated rings. The van der Waals surface area contributed by atoms with Gasteiger partial charge in [0.1, 0.15) is 6.04 Å². The van der Waals surface area contributed by atoms with Crippen molar-refractivity contribution in [1.29, 1.82) is 0 Å². The normalized spacial score (nSPS) is 13.1. The molecule has 4 aromatic rings. The third kappa shape index (κ3) is 13.1. The molecule has 4 aromatic carbocycles. The van der Waals surface area contributed by atoms with Crippen LogP contribution in [0.3, 0.4) is 0 Å². The van der Waals surface area contributed by atoms with Crippen molar-refractivity contribution in [2.75, 3.05) is 26.0 Å². The second-order valence-electron chi connectivity index (χ2n) is 14.1. The van der Waals surface area contributed by atoms with Gasteiger partial charge in [0, 0.05) is 50.0 Å². The molecule has 6 N–H and O–H groups in total. The lowest BCUT2D eigenvalue weighted by atomic mass is 10.0. The van der Waals surface area contributed by atoms with Crippen molar-refractivity contribution in [1.82, 2.24) is 31.5 Å². The van der Waals surface area contributed by atoms with E-state index in [9.17, 15) is 24.0 Å². The van der Waals surface area contributed by atoms with Gasteiger partial charge in [0.15, 0.2) is 0 Å². The summed E-state index contributed by atoms with van der Waals surface area (Å²) in [6.45, 7) is 7.84. The maximum atomic E-state index is 13.6. The number of nitrogens with one attached hydrogen (secondary N) is 6. The van der Waals surface area contributed by atoms with E-state index < -0.39 is 18.1 Å². The molecule has 0 bridgehead atoms. The first-order chi connectivity index (χ1) is 26.3. The average molecular weight is 748 g/mol. The summed E-state index contributed by atoms with van der Waals surface area (Å²) in [5, 5.41) is 17.9. The van der Waals surface area contributed by atoms with Crippen LogP contribution in [0.5, 0.6) is 0 Å². The summed E-state index contributed by atoms with van der Waals surface area (Å²) in [4.78, 5) is 66.6. The highest BCUT2D eigenvalue weighted by Gasteiger charge is 2.27. The van der Waals surface area contributed by atoms with Gasteiger partial charge >= 0.3 is 6.03 Å². The van der Waals surface area contributed by atoms with Crippen LogP contribution < -0.4 is 31.9 Å². The summed E-state index contributed by atoms with van der Waals surface area (Å²) in [5.41, 5.74) is 4.14. The van der Waals surface area contributed by atoms with E-state index in [1.165, 1.54) is 4.90 Å². The van der Waals surface area contributed by atoms with Crippen molar-refractivity contribution in [3.05, 3.63) is 137 Å². The number of benzene rings is 4. The SMILES string of the molecule is CC(C)[C@H](NC(=O)[C@H](C)NC[C@H](Cc1ccccc1)NC(=O)c1cccc(C(=O)N[C@H](C)c2ccccc2)c1)C(=O)NCc1ccc(NC(=O)N(C)C)cc1. The lowest BCUT2D eigenvalue weighted by Gasteiger charge is -2.25. The minimum absolute atomic E-state index is 0.190. The van der Waals surface area contributed by atoms with Gasteiger partial charge in [-0.25, -0.2) is 4.79 Å². The Bertz CT molecular complexity index is 1880. The summed E-state index contributed by atoms with van der Waals surface area (Å²) in [6.07, 6.45) is 0.489. The smallest absolute Gasteiger partial charge is 0.321 e. The fourth-order valence-corrected chi connectivity index (χ4v) is 5.71. The van der Waals surface area contributed by atoms with Gasteiger partial charge in [-0.3, -0.25) is 19.2 Å². The summed E-state index contributed by atoms with van der Waals surface area (Å²) in [5.74, 6) is -1.51. The molecule has 0 aliphatic carbocycles. The molecule has 0 aromatic heterocycles. The number of rotatable bonds is 17. The Morgan fingerprint density at radius 1 is 0.636 bits per heavy atom. The molecule has 0 aliphatic heterocycles. The van der Waals surface area contributed by atoms with Gasteiger partial charge in [0.05, 0.1) is 12.1 Å². The Labute approximate surface area is 323 Å². The fourth-order valence-electron chi connectivity index (χ4n) is 5.71. The molecular weight excluding hydrogens is 695 g/mol. The Balaban J connectivity index is 1.34. The van der Waals surface area contributed by atoms with Crippen molar-refractivity contribution in [2.24, 2.45) is 5.92 Å². The quantitative estimate of drug-likeness (QED) is 0.0887. The maximum absolute atomic E-state index is 13.6. The highest BCUT2D eigenvalue weighted by molar-refractivity contribution is 6.00. The van der Waals surface area contributed by atoms with Gasteiger partial charge in [-0.2, -0.15) is 0 Å². The molecule has 0 radical (unpaired) electrons. The number of carbonyl (C=O) groups excluding carboxylic acids is 5. The molecule has 4 rings (SSSR count). The molecule has 0 saturated heterocycles. The van der Waals surface area contributed by atoms with Gasteiger partial charge in [-0.15, -0.1) is 0 Å². The van der Waals surface area contributed by atoms with Crippen molar-refractivity contribution in [3.8, 4) is 0 Å². The van der Waals surface area contributed by atoms with Crippen molar-refractivity contribution in [3.63, 3.8) is 0 Å². The maximum Gasteiger partial charge on any atom is 0.321 e. The molecule has 0 aliphatic rings. The van der Waals surface area contributed by atoms with E-state index in [0.717, 1.165) is 16.7 Å². The predicted molar refractivity (Wildman–Crippen MR) is 215 cm³/mol. The topological polar surface area (TPSA) is 161 Å². The first-order valence-electron chi connectivity index (χ1n) is 18.5. The lowest BCUT2D eigenvalue weighted by molar-refractivity contribution is -0.131. The van der Waals surface area contributed by atoms with Crippen LogP contribution in [0.2, 0.25) is 0 Å². The van der Waals surface area contributed by atoms with Crippen LogP contribution in [0.1, 0.15) is 71.1 Å². The minimum atomic E-state index is -0.782. The van der Waals surface area contributed by atoms with E-state index in [1.54, 1.807) is 57.4 Å². The zero-order chi connectivity index (χ0) is 39.9. The second-order valence-corrected chi connectivity index (χ2v) is 14.1. The van der Waals surface area contributed by atoms with Crippen LogP contribution in [0, 0.1) is 5.92 Å². The van der Waals surface area contributed by atoms with E-state index in [4.69, 9.17) is 0 Å². The molecule has 4 atom stereocenters. The molecule has 0 unspecified atom stereocenters. The predicted octanol–water partition coefficient (Wildman–Crippen LogP) is 5.05. The van der Waals surface area contributed by atoms with Gasteiger partial charge < -0.3 is 36.8 Å². The van der Waals surface area contributed by atoms with Crippen LogP contribution in [0.15, 0.2) is 109 Å². The fraction of sp³-hybridized carbons (Fsp3) is 0.326. The molecule has 0 saturated carbocycles. The van der Waals surface area contributed by atoms with Crippen molar-refractivity contribution >= 4 is 35.3 Å². The van der Waals surface area contributed by atoms with Crippen LogP contribution >= 0.6 is 0 Å². The Morgan fingerprint density at radius 3 is 1.84 bits per heavy atom. The van der Waals surface area contributed by atoms with E-state index in [1.807, 2.05) is 93.6 Å². The molecule has 12 heteroatoms. The van der Waals surface area contributed by atoms with Gasteiger partial charge in [-0.05, 0) is 73.2 Å². The van der Waals surface area contributed by atoms with Crippen LogP contribution in [-0.4, -0.2) is 73.3 Å². The van der Waals surface area contributed by atoms with Crippen LogP contribution in [0.4, 0.5) is 10.5 Å². The number of hydrogen-bond donors (Lipinski definition) is 6. The van der Waals surface area contributed by atoms with E-state index in [2.05, 4.69) is 31.9 Å². The minimum Gasteiger partial charge on any atom is -0.350 e. The van der Waals surface area contributed by atoms with Crippen LogP contribution in [-0.2, 0) is 22.6 Å². The Hall–Kier alpha value is -6.01. The number of nitrogens with zero attached hydrogens (tertiary/aromatic N) is 1. The molecule has 0 spiro atoms. The van der Waals surface area contributed by atoms with Crippen molar-refractivity contribution < 1.29 is 24.0 Å². The number of anilines is 1. The standard InChI is InChI=1S/C43H53N7O5/c1-28(2)38(42(54)45-26-32-20-22-36(23-21-32)48-43(55)50(5)6)49-39(51)30(4)44-27-37(24-31-14-9-7-10-15-31)47-41(53)35-19-13-18-34(25-35)40(52)46-29(3)33-16-11-8-12-17-33/h7-23,25,28-30,37-38,44H,24,26-27H2,1-6H3,(H,45,54)(H,46,52)(H,47,53)(H,48,55)(H,49,51)/t29-,30+,37+,38+/m1/s1. The molecule has 290 valence electrons. The zero-order valence-corrected chi connectivity index (χ0v) is 32.4. The number of hydrogen-bond acceptors (Lipinski definition) is 6. The summed E-state index contributed by atoms with van der Waals surface area (Å²) < 4.78 is 0. The van der Waals surface area contributed by atoms with Gasteiger partial charge in [0.2, 0.25) is 11.8 Å².